The number of hydrogen-bond donors (Lipinski definition) is 1. The second-order valence-corrected chi connectivity index (χ2v) is 8.09. The van der Waals surface area contributed by atoms with Crippen molar-refractivity contribution in [1.82, 2.24) is 25.1 Å². The van der Waals surface area contributed by atoms with Crippen molar-refractivity contribution in [3.8, 4) is 5.82 Å². The first-order chi connectivity index (χ1) is 14.7. The molecular weight excluding hydrogens is 407 g/mol. The third-order valence-electron chi connectivity index (χ3n) is 5.54. The number of alkyl halides is 3. The zero-order chi connectivity index (χ0) is 22.2. The molecule has 3 heterocycles. The molecule has 0 unspecified atom stereocenters. The molecule has 1 aliphatic carbocycles. The van der Waals surface area contributed by atoms with Gasteiger partial charge in [0.05, 0.1) is 23.0 Å². The van der Waals surface area contributed by atoms with Gasteiger partial charge in [-0.2, -0.15) is 18.3 Å². The molecule has 0 atom stereocenters. The molecule has 4 rings (SSSR count). The van der Waals surface area contributed by atoms with E-state index in [-0.39, 0.29) is 23.1 Å². The van der Waals surface area contributed by atoms with Gasteiger partial charge in [0.1, 0.15) is 0 Å². The van der Waals surface area contributed by atoms with Crippen molar-refractivity contribution < 1.29 is 18.0 Å². The molecule has 1 aliphatic rings. The van der Waals surface area contributed by atoms with Crippen LogP contribution in [0.4, 0.5) is 13.2 Å². The van der Waals surface area contributed by atoms with Crippen LogP contribution in [0.3, 0.4) is 0 Å². The molecule has 1 fully saturated rings. The predicted molar refractivity (Wildman–Crippen MR) is 108 cm³/mol. The molecule has 1 N–H and O–H groups in total. The number of aromatic nitrogens is 4. The van der Waals surface area contributed by atoms with Crippen LogP contribution in [0.5, 0.6) is 0 Å². The van der Waals surface area contributed by atoms with Crippen molar-refractivity contribution in [3.63, 3.8) is 0 Å². The molecule has 1 amide bonds. The van der Waals surface area contributed by atoms with E-state index in [1.165, 1.54) is 16.9 Å². The fourth-order valence-electron chi connectivity index (χ4n) is 3.65. The number of carbonyl (C=O) groups excluding carboxylic acids is 1. The number of pyridine rings is 2. The fourth-order valence-corrected chi connectivity index (χ4v) is 3.65. The summed E-state index contributed by atoms with van der Waals surface area (Å²) < 4.78 is 39.9. The molecule has 0 saturated heterocycles. The number of carbonyl (C=O) groups is 1. The van der Waals surface area contributed by atoms with Crippen molar-refractivity contribution in [2.75, 3.05) is 6.54 Å². The Kier molecular flexibility index (Phi) is 5.28. The second kappa shape index (κ2) is 7.79. The Labute approximate surface area is 177 Å². The van der Waals surface area contributed by atoms with E-state index in [2.05, 4.69) is 20.4 Å². The molecule has 0 bridgehead atoms. The highest BCUT2D eigenvalue weighted by Crippen LogP contribution is 2.46. The van der Waals surface area contributed by atoms with Crippen LogP contribution in [-0.2, 0) is 11.6 Å². The molecule has 0 spiro atoms. The molecule has 9 heteroatoms. The minimum atomic E-state index is -4.46. The molecule has 3 aromatic heterocycles. The summed E-state index contributed by atoms with van der Waals surface area (Å²) >= 11 is 0. The van der Waals surface area contributed by atoms with Crippen LogP contribution >= 0.6 is 0 Å². The third-order valence-corrected chi connectivity index (χ3v) is 5.54. The van der Waals surface area contributed by atoms with Gasteiger partial charge in [0.2, 0.25) is 0 Å². The summed E-state index contributed by atoms with van der Waals surface area (Å²) in [6.07, 6.45) is 1.39. The van der Waals surface area contributed by atoms with Crippen LogP contribution in [0.1, 0.15) is 59.9 Å². The van der Waals surface area contributed by atoms with Crippen molar-refractivity contribution >= 4 is 5.91 Å². The van der Waals surface area contributed by atoms with Crippen molar-refractivity contribution in [2.45, 2.75) is 44.2 Å². The molecular formula is C22H22F3N5O. The normalized spacial score (nSPS) is 15.2. The van der Waals surface area contributed by atoms with Gasteiger partial charge in [0.25, 0.3) is 5.91 Å². The SMILES string of the molecule is CC(C)c1c(C(=O)NCC2(c3ccccn3)CC2)cnn1-c1ccc(C(F)(F)F)cn1. The van der Waals surface area contributed by atoms with Crippen LogP contribution in [0.25, 0.3) is 5.82 Å². The Bertz CT molecular complexity index is 1070. The first kappa shape index (κ1) is 21.0. The lowest BCUT2D eigenvalue weighted by Crippen LogP contribution is -2.33. The summed E-state index contributed by atoms with van der Waals surface area (Å²) in [4.78, 5) is 21.3. The zero-order valence-corrected chi connectivity index (χ0v) is 17.1. The quantitative estimate of drug-likeness (QED) is 0.635. The van der Waals surface area contributed by atoms with Crippen LogP contribution in [0, 0.1) is 0 Å². The van der Waals surface area contributed by atoms with Crippen LogP contribution in [-0.4, -0.2) is 32.2 Å². The second-order valence-electron chi connectivity index (χ2n) is 8.09. The average Bonchev–Trinajstić information content (AvgIpc) is 3.41. The number of hydrogen-bond acceptors (Lipinski definition) is 4. The number of amides is 1. The third kappa shape index (κ3) is 4.17. The van der Waals surface area contributed by atoms with E-state index in [9.17, 15) is 18.0 Å². The molecule has 1 saturated carbocycles. The standard InChI is InChI=1S/C22H22F3N5O/c1-14(2)19-16(12-29-30(19)18-7-6-15(11-27-18)22(23,24)25)20(31)28-13-21(8-9-21)17-5-3-4-10-26-17/h3-7,10-12,14H,8-9,13H2,1-2H3,(H,28,31). The van der Waals surface area contributed by atoms with E-state index in [0.717, 1.165) is 30.8 Å². The number of nitrogens with zero attached hydrogens (tertiary/aromatic N) is 4. The number of halogens is 3. The first-order valence-corrected chi connectivity index (χ1v) is 10.0. The average molecular weight is 429 g/mol. The van der Waals surface area contributed by atoms with Gasteiger partial charge in [-0.3, -0.25) is 9.78 Å². The molecule has 6 nitrogen and oxygen atoms in total. The first-order valence-electron chi connectivity index (χ1n) is 10.0. The lowest BCUT2D eigenvalue weighted by atomic mass is 10.0. The highest BCUT2D eigenvalue weighted by atomic mass is 19.4. The Morgan fingerprint density at radius 3 is 2.48 bits per heavy atom. The molecule has 0 aliphatic heterocycles. The van der Waals surface area contributed by atoms with E-state index in [1.54, 1.807) is 6.20 Å². The molecule has 0 aromatic carbocycles. The Hall–Kier alpha value is -3.23. The van der Waals surface area contributed by atoms with E-state index in [4.69, 9.17) is 0 Å². The molecule has 31 heavy (non-hydrogen) atoms. The summed E-state index contributed by atoms with van der Waals surface area (Å²) in [6.45, 7) is 4.25. The zero-order valence-electron chi connectivity index (χ0n) is 17.1. The maximum absolute atomic E-state index is 13.0. The number of nitrogens with one attached hydrogen (secondary N) is 1. The lowest BCUT2D eigenvalue weighted by Gasteiger charge is -2.16. The summed E-state index contributed by atoms with van der Waals surface area (Å²) in [5.41, 5.74) is 0.960. The summed E-state index contributed by atoms with van der Waals surface area (Å²) in [6, 6.07) is 7.97. The van der Waals surface area contributed by atoms with Gasteiger partial charge in [-0.25, -0.2) is 9.67 Å². The highest BCUT2D eigenvalue weighted by molar-refractivity contribution is 5.95. The van der Waals surface area contributed by atoms with Crippen molar-refractivity contribution in [3.05, 3.63) is 71.4 Å². The topological polar surface area (TPSA) is 72.7 Å². The molecule has 3 aromatic rings. The largest absolute Gasteiger partial charge is 0.417 e. The Morgan fingerprint density at radius 1 is 1.16 bits per heavy atom. The molecule has 162 valence electrons. The molecule has 0 radical (unpaired) electrons. The minimum Gasteiger partial charge on any atom is -0.351 e. The van der Waals surface area contributed by atoms with Gasteiger partial charge in [-0.1, -0.05) is 19.9 Å². The van der Waals surface area contributed by atoms with E-state index >= 15 is 0 Å². The van der Waals surface area contributed by atoms with Gasteiger partial charge in [-0.15, -0.1) is 0 Å². The van der Waals surface area contributed by atoms with Gasteiger partial charge >= 0.3 is 6.18 Å². The highest BCUT2D eigenvalue weighted by Gasteiger charge is 2.45. The van der Waals surface area contributed by atoms with Gasteiger partial charge < -0.3 is 5.32 Å². The van der Waals surface area contributed by atoms with E-state index in [0.29, 0.717) is 17.8 Å². The predicted octanol–water partition coefficient (Wildman–Crippen LogP) is 4.27. The van der Waals surface area contributed by atoms with Gasteiger partial charge in [0, 0.05) is 30.0 Å². The maximum Gasteiger partial charge on any atom is 0.417 e. The van der Waals surface area contributed by atoms with Crippen LogP contribution < -0.4 is 5.32 Å². The monoisotopic (exact) mass is 429 g/mol. The van der Waals surface area contributed by atoms with Crippen LogP contribution in [0.15, 0.2) is 48.9 Å². The Balaban J connectivity index is 1.55. The van der Waals surface area contributed by atoms with Crippen molar-refractivity contribution in [1.29, 1.82) is 0 Å². The smallest absolute Gasteiger partial charge is 0.351 e. The minimum absolute atomic E-state index is 0.0991. The van der Waals surface area contributed by atoms with Gasteiger partial charge in [-0.05, 0) is 43.0 Å². The summed E-state index contributed by atoms with van der Waals surface area (Å²) in [7, 11) is 0. The fraction of sp³-hybridized carbons (Fsp3) is 0.364. The van der Waals surface area contributed by atoms with Crippen LogP contribution in [0.2, 0.25) is 0 Å². The summed E-state index contributed by atoms with van der Waals surface area (Å²) in [5.74, 6) is -0.148. The number of rotatable bonds is 6. The maximum atomic E-state index is 13.0. The summed E-state index contributed by atoms with van der Waals surface area (Å²) in [5, 5.41) is 7.23. The van der Waals surface area contributed by atoms with E-state index in [1.807, 2.05) is 32.0 Å². The van der Waals surface area contributed by atoms with Gasteiger partial charge in [0.15, 0.2) is 5.82 Å². The van der Waals surface area contributed by atoms with E-state index < -0.39 is 11.7 Å². The lowest BCUT2D eigenvalue weighted by molar-refractivity contribution is -0.137. The Morgan fingerprint density at radius 2 is 1.94 bits per heavy atom. The van der Waals surface area contributed by atoms with Crippen molar-refractivity contribution in [2.24, 2.45) is 0 Å².